The van der Waals surface area contributed by atoms with E-state index in [-0.39, 0.29) is 17.8 Å². The summed E-state index contributed by atoms with van der Waals surface area (Å²) in [6.45, 7) is 5.42. The normalized spacial score (nSPS) is 15.9. The summed E-state index contributed by atoms with van der Waals surface area (Å²) in [6.07, 6.45) is 5.99. The van der Waals surface area contributed by atoms with Crippen LogP contribution in [-0.4, -0.2) is 55.3 Å². The SMILES string of the molecule is CO[C@H](c1ncc(Cl)cn1)[C@H](C)S(=O)(=O)Nc1nnc(-c2nn(C)c3c2CCCC3)n1C(C)C. The smallest absolute Gasteiger partial charge is 0.240 e. The van der Waals surface area contributed by atoms with Gasteiger partial charge in [0.05, 0.1) is 5.02 Å². The van der Waals surface area contributed by atoms with Gasteiger partial charge in [-0.15, -0.1) is 10.2 Å². The monoisotopic (exact) mass is 508 g/mol. The molecule has 0 unspecified atom stereocenters. The number of methoxy groups -OCH3 is 1. The average molecular weight is 509 g/mol. The maximum absolute atomic E-state index is 13.3. The minimum atomic E-state index is -3.96. The van der Waals surface area contributed by atoms with E-state index in [4.69, 9.17) is 21.4 Å². The first-order chi connectivity index (χ1) is 16.1. The highest BCUT2D eigenvalue weighted by Crippen LogP contribution is 2.33. The topological polar surface area (TPSA) is 130 Å². The molecule has 1 aliphatic carbocycles. The molecule has 0 bridgehead atoms. The van der Waals surface area contributed by atoms with E-state index in [9.17, 15) is 8.42 Å². The van der Waals surface area contributed by atoms with Gasteiger partial charge in [0.2, 0.25) is 16.0 Å². The molecule has 0 radical (unpaired) electrons. The number of anilines is 1. The molecule has 3 aromatic heterocycles. The van der Waals surface area contributed by atoms with Crippen LogP contribution in [0, 0.1) is 0 Å². The summed E-state index contributed by atoms with van der Waals surface area (Å²) in [7, 11) is -0.617. The predicted octanol–water partition coefficient (Wildman–Crippen LogP) is 3.10. The first-order valence-electron chi connectivity index (χ1n) is 11.2. The number of ether oxygens (including phenoxy) is 1. The Morgan fingerprint density at radius 2 is 1.79 bits per heavy atom. The van der Waals surface area contributed by atoms with E-state index in [0.29, 0.717) is 10.8 Å². The lowest BCUT2D eigenvalue weighted by atomic mass is 9.95. The van der Waals surface area contributed by atoms with Crippen LogP contribution in [0.1, 0.15) is 62.8 Å². The zero-order valence-electron chi connectivity index (χ0n) is 19.9. The van der Waals surface area contributed by atoms with E-state index < -0.39 is 21.4 Å². The van der Waals surface area contributed by atoms with Crippen molar-refractivity contribution in [3.8, 4) is 11.5 Å². The number of sulfonamides is 1. The summed E-state index contributed by atoms with van der Waals surface area (Å²) >= 11 is 5.86. The van der Waals surface area contributed by atoms with Gasteiger partial charge in [0.1, 0.15) is 17.0 Å². The number of nitrogens with one attached hydrogen (secondary N) is 1. The van der Waals surface area contributed by atoms with Crippen LogP contribution < -0.4 is 4.72 Å². The van der Waals surface area contributed by atoms with Crippen LogP contribution in [-0.2, 0) is 34.6 Å². The maximum atomic E-state index is 13.3. The van der Waals surface area contributed by atoms with Crippen LogP contribution in [0.3, 0.4) is 0 Å². The first kappa shape index (κ1) is 24.6. The second-order valence-corrected chi connectivity index (χ2v) is 11.2. The summed E-state index contributed by atoms with van der Waals surface area (Å²) in [5.74, 6) is 0.887. The predicted molar refractivity (Wildman–Crippen MR) is 128 cm³/mol. The van der Waals surface area contributed by atoms with Crippen LogP contribution in [0.15, 0.2) is 12.4 Å². The maximum Gasteiger partial charge on any atom is 0.240 e. The van der Waals surface area contributed by atoms with Crippen molar-refractivity contribution in [1.29, 1.82) is 0 Å². The van der Waals surface area contributed by atoms with Gasteiger partial charge >= 0.3 is 0 Å². The Labute approximate surface area is 204 Å². The van der Waals surface area contributed by atoms with Gasteiger partial charge in [-0.2, -0.15) is 5.10 Å². The Hall–Kier alpha value is -2.57. The number of rotatable bonds is 8. The molecular formula is C21H29ClN8O3S. The largest absolute Gasteiger partial charge is 0.372 e. The third-order valence-corrected chi connectivity index (χ3v) is 7.98. The van der Waals surface area contributed by atoms with Crippen molar-refractivity contribution in [1.82, 2.24) is 34.5 Å². The zero-order valence-corrected chi connectivity index (χ0v) is 21.4. The molecule has 0 spiro atoms. The van der Waals surface area contributed by atoms with E-state index in [1.165, 1.54) is 32.1 Å². The van der Waals surface area contributed by atoms with Crippen LogP contribution in [0.5, 0.6) is 0 Å². The van der Waals surface area contributed by atoms with Crippen molar-refractivity contribution in [2.45, 2.75) is 63.9 Å². The molecule has 0 saturated heterocycles. The van der Waals surface area contributed by atoms with Crippen molar-refractivity contribution < 1.29 is 13.2 Å². The van der Waals surface area contributed by atoms with E-state index in [1.807, 2.05) is 25.6 Å². The van der Waals surface area contributed by atoms with Crippen LogP contribution in [0.2, 0.25) is 5.02 Å². The molecule has 0 fully saturated rings. The number of aryl methyl sites for hydroxylation is 1. The molecule has 34 heavy (non-hydrogen) atoms. The fourth-order valence-corrected chi connectivity index (χ4v) is 5.56. The van der Waals surface area contributed by atoms with Crippen molar-refractivity contribution in [2.75, 3.05) is 11.8 Å². The summed E-state index contributed by atoms with van der Waals surface area (Å²) in [5.41, 5.74) is 3.10. The van der Waals surface area contributed by atoms with Crippen LogP contribution >= 0.6 is 11.6 Å². The summed E-state index contributed by atoms with van der Waals surface area (Å²) < 4.78 is 38.4. The minimum Gasteiger partial charge on any atom is -0.372 e. The Balaban J connectivity index is 1.68. The molecule has 0 saturated carbocycles. The van der Waals surface area contributed by atoms with Crippen molar-refractivity contribution in [3.05, 3.63) is 34.5 Å². The molecule has 11 nitrogen and oxygen atoms in total. The van der Waals surface area contributed by atoms with E-state index >= 15 is 0 Å². The second kappa shape index (κ2) is 9.59. The second-order valence-electron chi connectivity index (χ2n) is 8.68. The number of halogens is 1. The average Bonchev–Trinajstić information content (AvgIpc) is 3.36. The van der Waals surface area contributed by atoms with Gasteiger partial charge in [-0.05, 0) is 46.5 Å². The lowest BCUT2D eigenvalue weighted by molar-refractivity contribution is 0.0950. The molecular weight excluding hydrogens is 480 g/mol. The van der Waals surface area contributed by atoms with Crippen molar-refractivity contribution in [3.63, 3.8) is 0 Å². The van der Waals surface area contributed by atoms with Gasteiger partial charge in [-0.3, -0.25) is 14.0 Å². The molecule has 13 heteroatoms. The molecule has 0 aliphatic heterocycles. The first-order valence-corrected chi connectivity index (χ1v) is 13.1. The minimum absolute atomic E-state index is 0.114. The van der Waals surface area contributed by atoms with Gasteiger partial charge in [0.15, 0.2) is 11.6 Å². The molecule has 3 aromatic rings. The Kier molecular flexibility index (Phi) is 6.92. The van der Waals surface area contributed by atoms with Crippen LogP contribution in [0.25, 0.3) is 11.5 Å². The molecule has 4 rings (SSSR count). The lowest BCUT2D eigenvalue weighted by Crippen LogP contribution is -2.33. The molecule has 1 aliphatic rings. The number of nitrogens with zero attached hydrogens (tertiary/aromatic N) is 7. The standard InChI is InChI=1S/C21H29ClN8O3S/c1-12(2)30-20(17-15-8-6-7-9-16(15)29(4)27-17)25-26-21(30)28-34(31,32)13(3)18(33-5)19-23-10-14(22)11-24-19/h10-13,18H,6-9H2,1-5H3,(H,26,28)/t13-,18-/m0/s1. The Morgan fingerprint density at radius 3 is 2.44 bits per heavy atom. The third-order valence-electron chi connectivity index (χ3n) is 6.09. The third kappa shape index (κ3) is 4.53. The van der Waals surface area contributed by atoms with Crippen molar-refractivity contribution in [2.24, 2.45) is 7.05 Å². The zero-order chi connectivity index (χ0) is 24.6. The summed E-state index contributed by atoms with van der Waals surface area (Å²) in [6, 6.07) is -0.114. The fraction of sp³-hybridized carbons (Fsp3) is 0.571. The quantitative estimate of drug-likeness (QED) is 0.491. The van der Waals surface area contributed by atoms with E-state index in [1.54, 1.807) is 4.57 Å². The highest BCUT2D eigenvalue weighted by Gasteiger charge is 2.35. The molecule has 184 valence electrons. The molecule has 0 amide bonds. The number of hydrogen-bond acceptors (Lipinski definition) is 8. The molecule has 2 atom stereocenters. The summed E-state index contributed by atoms with van der Waals surface area (Å²) in [5, 5.41) is 12.6. The lowest BCUT2D eigenvalue weighted by Gasteiger charge is -2.22. The molecule has 3 heterocycles. The molecule has 0 aromatic carbocycles. The van der Waals surface area contributed by atoms with Crippen LogP contribution in [0.4, 0.5) is 5.95 Å². The van der Waals surface area contributed by atoms with Gasteiger partial charge in [0.25, 0.3) is 0 Å². The van der Waals surface area contributed by atoms with Gasteiger partial charge in [0, 0.05) is 43.9 Å². The van der Waals surface area contributed by atoms with E-state index in [0.717, 1.165) is 36.9 Å². The Morgan fingerprint density at radius 1 is 1.12 bits per heavy atom. The van der Waals surface area contributed by atoms with Crippen molar-refractivity contribution >= 4 is 27.6 Å². The Bertz CT molecular complexity index is 1270. The number of aromatic nitrogens is 7. The molecule has 1 N–H and O–H groups in total. The van der Waals surface area contributed by atoms with Gasteiger partial charge < -0.3 is 4.74 Å². The number of fused-ring (bicyclic) bond motifs is 1. The van der Waals surface area contributed by atoms with Gasteiger partial charge in [-0.25, -0.2) is 18.4 Å². The van der Waals surface area contributed by atoms with Gasteiger partial charge in [-0.1, -0.05) is 11.6 Å². The fourth-order valence-electron chi connectivity index (χ4n) is 4.32. The number of hydrogen-bond donors (Lipinski definition) is 1. The summed E-state index contributed by atoms with van der Waals surface area (Å²) in [4.78, 5) is 8.24. The highest BCUT2D eigenvalue weighted by molar-refractivity contribution is 7.93. The van der Waals surface area contributed by atoms with E-state index in [2.05, 4.69) is 24.9 Å². The highest BCUT2D eigenvalue weighted by atomic mass is 35.5.